The van der Waals surface area contributed by atoms with Crippen molar-refractivity contribution < 1.29 is 9.59 Å². The molecule has 1 N–H and O–H groups in total. The summed E-state index contributed by atoms with van der Waals surface area (Å²) in [5.41, 5.74) is 3.49. The standard InChI is InChI=1S/C24H22N2O2/c1-15-5-4-8-21-22(15)23(27)25-11-12-26(21)24(28)20-14-19(20)18-10-9-16-6-2-3-7-17(16)13-18/h2-10,13,19-20H,11-12,14H2,1H3,(H,25,27)/t19-,20-/m0/s1. The fourth-order valence-electron chi connectivity index (χ4n) is 4.37. The maximum Gasteiger partial charge on any atom is 0.253 e. The third-order valence-corrected chi connectivity index (χ3v) is 5.96. The molecular formula is C24H22N2O2. The predicted octanol–water partition coefficient (Wildman–Crippen LogP) is 4.03. The highest BCUT2D eigenvalue weighted by Crippen LogP contribution is 2.49. The number of rotatable bonds is 2. The maximum atomic E-state index is 13.3. The number of aryl methyl sites for hydroxylation is 1. The summed E-state index contributed by atoms with van der Waals surface area (Å²) in [6.45, 7) is 2.91. The maximum absolute atomic E-state index is 13.3. The average molecular weight is 370 g/mol. The van der Waals surface area contributed by atoms with Crippen LogP contribution in [0.25, 0.3) is 10.8 Å². The predicted molar refractivity (Wildman–Crippen MR) is 111 cm³/mol. The van der Waals surface area contributed by atoms with E-state index >= 15 is 0 Å². The lowest BCUT2D eigenvalue weighted by Gasteiger charge is -2.23. The Morgan fingerprint density at radius 1 is 1.04 bits per heavy atom. The summed E-state index contributed by atoms with van der Waals surface area (Å²) < 4.78 is 0. The van der Waals surface area contributed by atoms with E-state index in [2.05, 4.69) is 35.6 Å². The molecule has 28 heavy (non-hydrogen) atoms. The van der Waals surface area contributed by atoms with Crippen LogP contribution >= 0.6 is 0 Å². The Bertz CT molecular complexity index is 1100. The smallest absolute Gasteiger partial charge is 0.253 e. The first-order valence-electron chi connectivity index (χ1n) is 9.81. The third kappa shape index (κ3) is 2.76. The molecule has 4 heteroatoms. The Morgan fingerprint density at radius 2 is 1.86 bits per heavy atom. The molecule has 0 unspecified atom stereocenters. The second kappa shape index (κ2) is 6.48. The Morgan fingerprint density at radius 3 is 2.71 bits per heavy atom. The molecule has 1 heterocycles. The second-order valence-electron chi connectivity index (χ2n) is 7.77. The summed E-state index contributed by atoms with van der Waals surface area (Å²) in [6, 6.07) is 20.5. The minimum absolute atomic E-state index is 0.0114. The third-order valence-electron chi connectivity index (χ3n) is 5.96. The van der Waals surface area contributed by atoms with Crippen LogP contribution in [0.3, 0.4) is 0 Å². The molecule has 1 fully saturated rings. The van der Waals surface area contributed by atoms with Gasteiger partial charge in [-0.25, -0.2) is 0 Å². The van der Waals surface area contributed by atoms with Gasteiger partial charge < -0.3 is 10.2 Å². The van der Waals surface area contributed by atoms with Crippen LogP contribution in [0.5, 0.6) is 0 Å². The first-order chi connectivity index (χ1) is 13.6. The van der Waals surface area contributed by atoms with E-state index in [0.29, 0.717) is 18.7 Å². The molecule has 4 nitrogen and oxygen atoms in total. The summed E-state index contributed by atoms with van der Waals surface area (Å²) in [7, 11) is 0. The van der Waals surface area contributed by atoms with Gasteiger partial charge in [-0.15, -0.1) is 0 Å². The van der Waals surface area contributed by atoms with Crippen molar-refractivity contribution in [3.8, 4) is 0 Å². The van der Waals surface area contributed by atoms with Crippen molar-refractivity contribution in [1.82, 2.24) is 5.32 Å². The highest BCUT2D eigenvalue weighted by Gasteiger charge is 2.46. The molecule has 2 aliphatic rings. The summed E-state index contributed by atoms with van der Waals surface area (Å²) in [5.74, 6) is 0.284. The molecule has 2 atom stereocenters. The minimum Gasteiger partial charge on any atom is -0.350 e. The van der Waals surface area contributed by atoms with Crippen LogP contribution in [0, 0.1) is 12.8 Å². The lowest BCUT2D eigenvalue weighted by molar-refractivity contribution is -0.119. The van der Waals surface area contributed by atoms with Gasteiger partial charge in [0, 0.05) is 19.0 Å². The topological polar surface area (TPSA) is 49.4 Å². The summed E-state index contributed by atoms with van der Waals surface area (Å²) in [5, 5.41) is 5.35. The number of hydrogen-bond acceptors (Lipinski definition) is 2. The van der Waals surface area contributed by atoms with Crippen molar-refractivity contribution in [1.29, 1.82) is 0 Å². The number of nitrogens with zero attached hydrogens (tertiary/aromatic N) is 1. The molecule has 1 aliphatic carbocycles. The zero-order valence-corrected chi connectivity index (χ0v) is 15.8. The van der Waals surface area contributed by atoms with Crippen LogP contribution in [-0.2, 0) is 4.79 Å². The SMILES string of the molecule is Cc1cccc2c1C(=O)NCCN2C(=O)[C@H]1C[C@H]1c1ccc2ccccc2c1. The zero-order valence-electron chi connectivity index (χ0n) is 15.8. The normalized spacial score (nSPS) is 21.0. The van der Waals surface area contributed by atoms with Crippen LogP contribution in [0.1, 0.15) is 33.8 Å². The molecule has 0 saturated heterocycles. The number of nitrogens with one attached hydrogen (secondary N) is 1. The van der Waals surface area contributed by atoms with E-state index in [1.54, 1.807) is 0 Å². The van der Waals surface area contributed by atoms with Gasteiger partial charge in [-0.05, 0) is 47.2 Å². The van der Waals surface area contributed by atoms with Gasteiger partial charge in [-0.2, -0.15) is 0 Å². The van der Waals surface area contributed by atoms with Gasteiger partial charge in [0.1, 0.15) is 0 Å². The van der Waals surface area contributed by atoms with Gasteiger partial charge in [-0.3, -0.25) is 9.59 Å². The monoisotopic (exact) mass is 370 g/mol. The molecule has 0 aromatic heterocycles. The number of benzene rings is 3. The van der Waals surface area contributed by atoms with Gasteiger partial charge in [0.25, 0.3) is 5.91 Å². The van der Waals surface area contributed by atoms with E-state index in [9.17, 15) is 9.59 Å². The molecule has 1 saturated carbocycles. The van der Waals surface area contributed by atoms with E-state index < -0.39 is 0 Å². The van der Waals surface area contributed by atoms with Gasteiger partial charge in [0.05, 0.1) is 11.3 Å². The lowest BCUT2D eigenvalue weighted by atomic mass is 10.0. The molecule has 1 aliphatic heterocycles. The number of hydrogen-bond donors (Lipinski definition) is 1. The molecule has 0 bridgehead atoms. The lowest BCUT2D eigenvalue weighted by Crippen LogP contribution is -2.36. The molecule has 5 rings (SSSR count). The average Bonchev–Trinajstić information content (AvgIpc) is 3.52. The number of carbonyl (C=O) groups is 2. The molecule has 3 aromatic carbocycles. The van der Waals surface area contributed by atoms with Gasteiger partial charge >= 0.3 is 0 Å². The first kappa shape index (κ1) is 17.0. The van der Waals surface area contributed by atoms with Crippen molar-refractivity contribution in [3.05, 3.63) is 77.4 Å². The molecule has 3 aromatic rings. The van der Waals surface area contributed by atoms with Crippen LogP contribution in [0.4, 0.5) is 5.69 Å². The molecule has 0 spiro atoms. The van der Waals surface area contributed by atoms with Gasteiger partial charge in [0.2, 0.25) is 5.91 Å². The van der Waals surface area contributed by atoms with Crippen LogP contribution in [0.2, 0.25) is 0 Å². The van der Waals surface area contributed by atoms with E-state index in [4.69, 9.17) is 0 Å². The second-order valence-corrected chi connectivity index (χ2v) is 7.77. The summed E-state index contributed by atoms with van der Waals surface area (Å²) in [4.78, 5) is 27.6. The van der Waals surface area contributed by atoms with E-state index in [-0.39, 0.29) is 23.7 Å². The van der Waals surface area contributed by atoms with Gasteiger partial charge in [-0.1, -0.05) is 54.6 Å². The highest BCUT2D eigenvalue weighted by atomic mass is 16.2. The highest BCUT2D eigenvalue weighted by molar-refractivity contribution is 6.08. The molecular weight excluding hydrogens is 348 g/mol. The van der Waals surface area contributed by atoms with E-state index in [1.165, 1.54) is 16.3 Å². The van der Waals surface area contributed by atoms with Crippen LogP contribution in [-0.4, -0.2) is 24.9 Å². The van der Waals surface area contributed by atoms with Crippen LogP contribution in [0.15, 0.2) is 60.7 Å². The van der Waals surface area contributed by atoms with E-state index in [0.717, 1.165) is 17.7 Å². The van der Waals surface area contributed by atoms with Crippen molar-refractivity contribution >= 4 is 28.3 Å². The number of fused-ring (bicyclic) bond motifs is 2. The molecule has 0 radical (unpaired) electrons. The quantitative estimate of drug-likeness (QED) is 0.740. The number of amides is 2. The van der Waals surface area contributed by atoms with Crippen LogP contribution < -0.4 is 10.2 Å². The van der Waals surface area contributed by atoms with E-state index in [1.807, 2.05) is 42.2 Å². The van der Waals surface area contributed by atoms with Crippen molar-refractivity contribution in [2.45, 2.75) is 19.3 Å². The largest absolute Gasteiger partial charge is 0.350 e. The Balaban J connectivity index is 1.43. The number of carbonyl (C=O) groups excluding carboxylic acids is 2. The Labute approximate surface area is 164 Å². The zero-order chi connectivity index (χ0) is 19.3. The Hall–Kier alpha value is -3.14. The fourth-order valence-corrected chi connectivity index (χ4v) is 4.37. The Kier molecular flexibility index (Phi) is 3.93. The summed E-state index contributed by atoms with van der Waals surface area (Å²) >= 11 is 0. The summed E-state index contributed by atoms with van der Waals surface area (Å²) in [6.07, 6.45) is 0.871. The van der Waals surface area contributed by atoms with Crippen molar-refractivity contribution in [2.24, 2.45) is 5.92 Å². The number of anilines is 1. The minimum atomic E-state index is -0.0923. The molecule has 2 amide bonds. The first-order valence-corrected chi connectivity index (χ1v) is 9.81. The van der Waals surface area contributed by atoms with Crippen molar-refractivity contribution in [2.75, 3.05) is 18.0 Å². The van der Waals surface area contributed by atoms with Crippen molar-refractivity contribution in [3.63, 3.8) is 0 Å². The molecule has 140 valence electrons. The van der Waals surface area contributed by atoms with Gasteiger partial charge in [0.15, 0.2) is 0 Å². The fraction of sp³-hybridized carbons (Fsp3) is 0.250.